The van der Waals surface area contributed by atoms with Crippen molar-refractivity contribution in [2.24, 2.45) is 5.92 Å². The molecule has 34 heavy (non-hydrogen) atoms. The largest absolute Gasteiger partial charge is 0.452 e. The number of likely N-dealkylation sites (tertiary alicyclic amines) is 1. The Bertz CT molecular complexity index is 1060. The van der Waals surface area contributed by atoms with Crippen LogP contribution in [0.5, 0.6) is 0 Å². The van der Waals surface area contributed by atoms with E-state index in [-0.39, 0.29) is 29.0 Å². The van der Waals surface area contributed by atoms with Crippen molar-refractivity contribution in [1.29, 1.82) is 0 Å². The molecule has 184 valence electrons. The highest BCUT2D eigenvalue weighted by molar-refractivity contribution is 7.17. The number of ether oxygens (including phenoxy) is 1. The number of thiophene rings is 1. The van der Waals surface area contributed by atoms with E-state index in [9.17, 15) is 22.8 Å². The van der Waals surface area contributed by atoms with Crippen LogP contribution in [0.3, 0.4) is 0 Å². The van der Waals surface area contributed by atoms with E-state index in [0.717, 1.165) is 37.3 Å². The minimum Gasteiger partial charge on any atom is -0.379 e. The zero-order valence-corrected chi connectivity index (χ0v) is 19.5. The van der Waals surface area contributed by atoms with Gasteiger partial charge in [0.05, 0.1) is 28.9 Å². The average molecular weight is 500 g/mol. The third kappa shape index (κ3) is 5.73. The van der Waals surface area contributed by atoms with Crippen molar-refractivity contribution < 1.29 is 37.0 Å². The summed E-state index contributed by atoms with van der Waals surface area (Å²) in [4.78, 5) is 32.7. The number of carbonyl (C=O) groups excluding carboxylic acids is 2. The zero-order valence-electron chi connectivity index (χ0n) is 18.7. The van der Waals surface area contributed by atoms with E-state index in [2.05, 4.69) is 14.7 Å². The Morgan fingerprint density at radius 3 is 2.74 bits per heavy atom. The molecule has 0 bridgehead atoms. The summed E-state index contributed by atoms with van der Waals surface area (Å²) in [6.07, 6.45) is -1.21. The highest BCUT2D eigenvalue weighted by Gasteiger charge is 2.39. The zero-order chi connectivity index (χ0) is 24.3. The van der Waals surface area contributed by atoms with Crippen molar-refractivity contribution in [2.45, 2.75) is 25.9 Å². The van der Waals surface area contributed by atoms with Gasteiger partial charge >= 0.3 is 12.1 Å². The molecule has 0 aromatic carbocycles. The normalized spacial score (nSPS) is 20.2. The van der Waals surface area contributed by atoms with Crippen LogP contribution in [0.2, 0.25) is 0 Å². The first kappa shape index (κ1) is 24.6. The molecular weight excluding hydrogens is 473 g/mol. The molecule has 2 fully saturated rings. The van der Waals surface area contributed by atoms with Gasteiger partial charge in [-0.25, -0.2) is 4.79 Å². The van der Waals surface area contributed by atoms with Gasteiger partial charge in [0.2, 0.25) is 5.76 Å². The lowest BCUT2D eigenvalue weighted by atomic mass is 9.99. The van der Waals surface area contributed by atoms with E-state index in [1.807, 2.05) is 4.90 Å². The van der Waals surface area contributed by atoms with E-state index >= 15 is 0 Å². The smallest absolute Gasteiger partial charge is 0.379 e. The third-order valence-corrected chi connectivity index (χ3v) is 7.01. The molecule has 0 saturated carbocycles. The fraction of sp³-hybridized carbons (Fsp3) is 0.545. The second-order valence-corrected chi connectivity index (χ2v) is 9.51. The summed E-state index contributed by atoms with van der Waals surface area (Å²) in [5.41, 5.74) is -0.0157. The van der Waals surface area contributed by atoms with Gasteiger partial charge in [-0.3, -0.25) is 9.69 Å². The Morgan fingerprint density at radius 1 is 1.26 bits per heavy atom. The second kappa shape index (κ2) is 10.4. The summed E-state index contributed by atoms with van der Waals surface area (Å²) < 4.78 is 48.8. The number of nitrogens with zero attached hydrogens (tertiary/aromatic N) is 3. The second-order valence-electron chi connectivity index (χ2n) is 8.42. The van der Waals surface area contributed by atoms with Crippen molar-refractivity contribution in [3.05, 3.63) is 28.3 Å². The molecule has 0 aliphatic carbocycles. The molecule has 2 saturated heterocycles. The van der Waals surface area contributed by atoms with Gasteiger partial charge in [-0.2, -0.15) is 18.2 Å². The number of piperidine rings is 1. The SMILES string of the molecule is Cc1c(-c2ccc(C(=O)N3CCCC(C=[NH+]C(=O)CN4CCOCC4)C3)s2)noc1C(F)(F)F. The van der Waals surface area contributed by atoms with Gasteiger partial charge in [0.15, 0.2) is 6.21 Å². The van der Waals surface area contributed by atoms with Crippen LogP contribution in [0.15, 0.2) is 16.7 Å². The van der Waals surface area contributed by atoms with Gasteiger partial charge in [-0.1, -0.05) is 5.16 Å². The molecule has 2 aliphatic heterocycles. The molecule has 8 nitrogen and oxygen atoms in total. The number of morpholine rings is 1. The predicted octanol–water partition coefficient (Wildman–Crippen LogP) is 1.59. The monoisotopic (exact) mass is 499 g/mol. The van der Waals surface area contributed by atoms with Gasteiger partial charge in [0.1, 0.15) is 12.2 Å². The maximum Gasteiger partial charge on any atom is 0.452 e. The number of halogens is 3. The molecule has 2 amide bonds. The van der Waals surface area contributed by atoms with Crippen LogP contribution in [0, 0.1) is 12.8 Å². The first-order chi connectivity index (χ1) is 16.2. The molecule has 2 aliphatic rings. The minimum atomic E-state index is -4.62. The molecule has 0 spiro atoms. The lowest BCUT2D eigenvalue weighted by Crippen LogP contribution is -2.77. The number of rotatable bonds is 5. The van der Waals surface area contributed by atoms with E-state index in [4.69, 9.17) is 4.74 Å². The van der Waals surface area contributed by atoms with Gasteiger partial charge in [-0.15, -0.1) is 11.3 Å². The van der Waals surface area contributed by atoms with Crippen LogP contribution in [-0.4, -0.2) is 78.9 Å². The van der Waals surface area contributed by atoms with E-state index in [1.54, 1.807) is 23.2 Å². The highest BCUT2D eigenvalue weighted by atomic mass is 32.1. The minimum absolute atomic E-state index is 0.0258. The summed E-state index contributed by atoms with van der Waals surface area (Å²) >= 11 is 1.09. The maximum absolute atomic E-state index is 13.0. The summed E-state index contributed by atoms with van der Waals surface area (Å²) in [7, 11) is 0. The van der Waals surface area contributed by atoms with E-state index in [1.165, 1.54) is 6.92 Å². The molecule has 1 N–H and O–H groups in total. The number of nitrogens with one attached hydrogen (secondary N) is 1. The van der Waals surface area contributed by atoms with Crippen LogP contribution in [0.4, 0.5) is 13.2 Å². The Balaban J connectivity index is 1.37. The third-order valence-electron chi connectivity index (χ3n) is 5.93. The molecule has 4 heterocycles. The van der Waals surface area contributed by atoms with Crippen LogP contribution in [0.1, 0.15) is 33.8 Å². The van der Waals surface area contributed by atoms with Gasteiger partial charge in [0.25, 0.3) is 5.91 Å². The molecule has 4 rings (SSSR count). The molecule has 2 aromatic heterocycles. The quantitative estimate of drug-likeness (QED) is 0.629. The van der Waals surface area contributed by atoms with Crippen molar-refractivity contribution in [3.8, 4) is 10.6 Å². The van der Waals surface area contributed by atoms with Crippen LogP contribution >= 0.6 is 11.3 Å². The topological polar surface area (TPSA) is 89.9 Å². The molecule has 1 atom stereocenters. The number of amides is 2. The number of carbonyl (C=O) groups is 2. The molecular formula is C22H26F3N4O4S+. The first-order valence-electron chi connectivity index (χ1n) is 11.1. The van der Waals surface area contributed by atoms with Crippen molar-refractivity contribution in [2.75, 3.05) is 45.9 Å². The number of hydrogen-bond acceptors (Lipinski definition) is 7. The molecule has 1 unspecified atom stereocenters. The van der Waals surface area contributed by atoms with Crippen LogP contribution in [0.25, 0.3) is 10.6 Å². The lowest BCUT2D eigenvalue weighted by molar-refractivity contribution is -0.376. The summed E-state index contributed by atoms with van der Waals surface area (Å²) in [6, 6.07) is 3.18. The summed E-state index contributed by atoms with van der Waals surface area (Å²) in [5.74, 6) is -1.38. The Hall–Kier alpha value is -2.57. The predicted molar refractivity (Wildman–Crippen MR) is 117 cm³/mol. The lowest BCUT2D eigenvalue weighted by Gasteiger charge is -2.29. The molecule has 2 aromatic rings. The molecule has 12 heteroatoms. The Labute approximate surface area is 198 Å². The number of hydrogen-bond donors (Lipinski definition) is 1. The van der Waals surface area contributed by atoms with Gasteiger partial charge in [0, 0.05) is 31.7 Å². The van der Waals surface area contributed by atoms with Crippen molar-refractivity contribution >= 4 is 29.4 Å². The molecule has 0 radical (unpaired) electrons. The van der Waals surface area contributed by atoms with Crippen molar-refractivity contribution in [1.82, 2.24) is 15.0 Å². The van der Waals surface area contributed by atoms with Gasteiger partial charge in [-0.05, 0) is 31.9 Å². The van der Waals surface area contributed by atoms with Crippen LogP contribution < -0.4 is 4.99 Å². The average Bonchev–Trinajstić information content (AvgIpc) is 3.44. The number of aromatic nitrogens is 1. The Kier molecular flexibility index (Phi) is 7.48. The fourth-order valence-corrected chi connectivity index (χ4v) is 5.13. The Morgan fingerprint density at radius 2 is 2.03 bits per heavy atom. The van der Waals surface area contributed by atoms with Crippen LogP contribution in [-0.2, 0) is 15.7 Å². The van der Waals surface area contributed by atoms with Gasteiger partial charge < -0.3 is 14.2 Å². The summed E-state index contributed by atoms with van der Waals surface area (Å²) in [6.45, 7) is 5.37. The summed E-state index contributed by atoms with van der Waals surface area (Å²) in [5, 5.41) is 3.57. The maximum atomic E-state index is 13.0. The first-order valence-corrected chi connectivity index (χ1v) is 11.9. The fourth-order valence-electron chi connectivity index (χ4n) is 4.12. The number of alkyl halides is 3. The van der Waals surface area contributed by atoms with E-state index in [0.29, 0.717) is 42.6 Å². The highest BCUT2D eigenvalue weighted by Crippen LogP contribution is 2.38. The standard InChI is InChI=1S/C22H25F3N4O4S/c1-14-19(27-33-20(14)22(23,24)25)16-4-5-17(34-16)21(31)29-6-2-3-15(12-29)11-26-18(30)13-28-7-9-32-10-8-28/h4-5,11,15H,2-3,6-10,12-13H2,1H3/p+1. The van der Waals surface area contributed by atoms with E-state index < -0.39 is 11.9 Å². The van der Waals surface area contributed by atoms with Crippen molar-refractivity contribution in [3.63, 3.8) is 0 Å².